The number of nitrogens with zero attached hydrogens (tertiary/aromatic N) is 3. The van der Waals surface area contributed by atoms with Crippen molar-refractivity contribution in [3.8, 4) is 0 Å². The van der Waals surface area contributed by atoms with Crippen LogP contribution in [0.15, 0.2) is 28.2 Å². The van der Waals surface area contributed by atoms with Crippen LogP contribution in [0, 0.1) is 0 Å². The van der Waals surface area contributed by atoms with E-state index in [-0.39, 0.29) is 29.6 Å². The molecule has 0 atom stereocenters. The Hall–Kier alpha value is -2.65. The van der Waals surface area contributed by atoms with Crippen LogP contribution in [0.2, 0.25) is 10.0 Å². The Labute approximate surface area is 190 Å². The van der Waals surface area contributed by atoms with E-state index in [0.717, 1.165) is 25.7 Å². The molecular weight excluding hydrogens is 445 g/mol. The third kappa shape index (κ3) is 7.22. The lowest BCUT2D eigenvalue weighted by molar-refractivity contribution is -0.140. The number of alkyl carbamates (subject to hydrolysis) is 1. The maximum atomic E-state index is 12.2. The second-order valence-electron chi connectivity index (χ2n) is 7.01. The fourth-order valence-corrected chi connectivity index (χ4v) is 2.95. The number of aliphatic imine (C=N–C) groups is 2. The smallest absolute Gasteiger partial charge is 0.414 e. The Morgan fingerprint density at radius 1 is 1.19 bits per heavy atom. The van der Waals surface area contributed by atoms with Gasteiger partial charge in [0.15, 0.2) is 0 Å². The molecule has 11 heteroatoms. The van der Waals surface area contributed by atoms with E-state index in [1.54, 1.807) is 26.0 Å². The van der Waals surface area contributed by atoms with Crippen LogP contribution in [0.4, 0.5) is 10.5 Å². The third-order valence-corrected chi connectivity index (χ3v) is 4.92. The van der Waals surface area contributed by atoms with Crippen molar-refractivity contribution < 1.29 is 19.1 Å². The summed E-state index contributed by atoms with van der Waals surface area (Å²) in [4.78, 5) is 45.7. The predicted molar refractivity (Wildman–Crippen MR) is 120 cm³/mol. The van der Waals surface area contributed by atoms with Crippen LogP contribution < -0.4 is 10.6 Å². The lowest BCUT2D eigenvalue weighted by atomic mass is 10.2. The number of carbonyl (C=O) groups is 3. The number of guanidine groups is 2. The van der Waals surface area contributed by atoms with E-state index in [1.165, 1.54) is 11.0 Å². The van der Waals surface area contributed by atoms with E-state index in [4.69, 9.17) is 27.9 Å². The molecule has 2 rings (SSSR count). The monoisotopic (exact) mass is 469 g/mol. The lowest BCUT2D eigenvalue weighted by Crippen LogP contribution is -2.40. The highest BCUT2D eigenvalue weighted by Crippen LogP contribution is 2.26. The number of nitrogens with one attached hydrogen (secondary N) is 2. The molecule has 168 valence electrons. The van der Waals surface area contributed by atoms with E-state index in [0.29, 0.717) is 10.7 Å². The second kappa shape index (κ2) is 11.7. The van der Waals surface area contributed by atoms with Gasteiger partial charge < -0.3 is 4.74 Å². The first-order valence-corrected chi connectivity index (χ1v) is 10.7. The summed E-state index contributed by atoms with van der Waals surface area (Å²) in [5.74, 6) is -1.80. The number of unbranched alkanes of at least 4 members (excludes halogenated alkanes) is 3. The van der Waals surface area contributed by atoms with E-state index in [2.05, 4.69) is 27.5 Å². The highest BCUT2D eigenvalue weighted by molar-refractivity contribution is 6.46. The van der Waals surface area contributed by atoms with E-state index in [9.17, 15) is 14.4 Å². The zero-order valence-corrected chi connectivity index (χ0v) is 19.1. The van der Waals surface area contributed by atoms with Gasteiger partial charge in [-0.25, -0.2) is 9.79 Å². The third-order valence-electron chi connectivity index (χ3n) is 4.18. The molecule has 0 aliphatic carbocycles. The van der Waals surface area contributed by atoms with Gasteiger partial charge in [0.25, 0.3) is 0 Å². The highest BCUT2D eigenvalue weighted by atomic mass is 35.5. The van der Waals surface area contributed by atoms with Gasteiger partial charge in [-0.3, -0.25) is 25.1 Å². The van der Waals surface area contributed by atoms with Crippen molar-refractivity contribution in [2.45, 2.75) is 52.5 Å². The zero-order chi connectivity index (χ0) is 23.0. The van der Waals surface area contributed by atoms with Crippen LogP contribution in [0.3, 0.4) is 0 Å². The minimum absolute atomic E-state index is 0.0490. The van der Waals surface area contributed by atoms with Crippen LogP contribution in [0.1, 0.15) is 46.5 Å². The van der Waals surface area contributed by atoms with Crippen molar-refractivity contribution in [3.63, 3.8) is 0 Å². The Kier molecular flexibility index (Phi) is 9.26. The van der Waals surface area contributed by atoms with Crippen molar-refractivity contribution in [3.05, 3.63) is 28.2 Å². The van der Waals surface area contributed by atoms with E-state index >= 15 is 0 Å². The fraction of sp³-hybridized carbons (Fsp3) is 0.450. The maximum absolute atomic E-state index is 12.2. The van der Waals surface area contributed by atoms with Crippen LogP contribution in [0.25, 0.3) is 0 Å². The predicted octanol–water partition coefficient (Wildman–Crippen LogP) is 4.01. The first kappa shape index (κ1) is 24.6. The summed E-state index contributed by atoms with van der Waals surface area (Å²) >= 11 is 12.0. The summed E-state index contributed by atoms with van der Waals surface area (Å²) in [6.07, 6.45) is 3.06. The number of halogens is 2. The Morgan fingerprint density at radius 2 is 1.94 bits per heavy atom. The number of carbonyl (C=O) groups excluding carboxylic acids is 3. The van der Waals surface area contributed by atoms with E-state index in [1.807, 2.05) is 0 Å². The Balaban J connectivity index is 2.26. The zero-order valence-electron chi connectivity index (χ0n) is 17.6. The topological polar surface area (TPSA) is 112 Å². The largest absolute Gasteiger partial charge is 0.449 e. The molecule has 1 aliphatic heterocycles. The second-order valence-corrected chi connectivity index (χ2v) is 7.83. The van der Waals surface area contributed by atoms with Crippen LogP contribution in [-0.2, 0) is 14.3 Å². The average Bonchev–Trinajstić information content (AvgIpc) is 2.98. The molecule has 0 radical (unpaired) electrons. The molecule has 1 heterocycles. The minimum Gasteiger partial charge on any atom is -0.449 e. The number of amides is 3. The average molecular weight is 470 g/mol. The molecule has 1 aromatic carbocycles. The number of ether oxygens (including phenoxy) is 1. The molecule has 2 N–H and O–H groups in total. The number of hydrogen-bond donors (Lipinski definition) is 2. The van der Waals surface area contributed by atoms with Gasteiger partial charge in [0, 0.05) is 6.04 Å². The molecule has 1 aromatic rings. The quantitative estimate of drug-likeness (QED) is 0.271. The standard InChI is InChI=1S/C20H25Cl2N5O4/c1-4-5-6-7-10-31-20(30)26-18(23-13-8-9-14(21)15(22)11-13)25-19-24-16(28)17(29)27(19)12(2)3/h8-9,11-12H,4-7,10H2,1-3H3,(H2,23,24,25,26,28,30). The number of rotatable bonds is 7. The molecule has 1 saturated heterocycles. The summed E-state index contributed by atoms with van der Waals surface area (Å²) in [7, 11) is 0. The summed E-state index contributed by atoms with van der Waals surface area (Å²) in [5.41, 5.74) is 0.351. The molecule has 0 saturated carbocycles. The molecule has 9 nitrogen and oxygen atoms in total. The summed E-state index contributed by atoms with van der Waals surface area (Å²) < 4.78 is 5.17. The van der Waals surface area contributed by atoms with Gasteiger partial charge >= 0.3 is 17.9 Å². The molecule has 0 aromatic heterocycles. The van der Waals surface area contributed by atoms with Crippen LogP contribution in [-0.4, -0.2) is 47.4 Å². The molecule has 0 unspecified atom stereocenters. The van der Waals surface area contributed by atoms with Crippen molar-refractivity contribution >= 4 is 58.7 Å². The van der Waals surface area contributed by atoms with Gasteiger partial charge in [-0.15, -0.1) is 0 Å². The van der Waals surface area contributed by atoms with E-state index < -0.39 is 17.9 Å². The van der Waals surface area contributed by atoms with Crippen molar-refractivity contribution in [2.24, 2.45) is 9.98 Å². The van der Waals surface area contributed by atoms with Crippen molar-refractivity contribution in [2.75, 3.05) is 6.61 Å². The molecule has 31 heavy (non-hydrogen) atoms. The number of benzene rings is 1. The summed E-state index contributed by atoms with van der Waals surface area (Å²) in [5, 5.41) is 5.43. The molecule has 0 spiro atoms. The van der Waals surface area contributed by atoms with Gasteiger partial charge in [0.1, 0.15) is 0 Å². The molecule has 1 aliphatic rings. The SMILES string of the molecule is CCCCCCOC(=O)NC(=Nc1ccc(Cl)c(Cl)c1)/N=C1\NC(=O)C(=O)N1C(C)C. The van der Waals surface area contributed by atoms with Crippen molar-refractivity contribution in [1.82, 2.24) is 15.5 Å². The first-order chi connectivity index (χ1) is 14.7. The van der Waals surface area contributed by atoms with Crippen LogP contribution in [0.5, 0.6) is 0 Å². The fourth-order valence-electron chi connectivity index (χ4n) is 2.66. The van der Waals surface area contributed by atoms with Crippen LogP contribution >= 0.6 is 23.2 Å². The van der Waals surface area contributed by atoms with Crippen molar-refractivity contribution in [1.29, 1.82) is 0 Å². The number of hydrogen-bond acceptors (Lipinski definition) is 5. The normalized spacial score (nSPS) is 15.6. The van der Waals surface area contributed by atoms with Gasteiger partial charge in [-0.05, 0) is 38.5 Å². The molecule has 3 amide bonds. The molecule has 0 bridgehead atoms. The highest BCUT2D eigenvalue weighted by Gasteiger charge is 2.37. The lowest BCUT2D eigenvalue weighted by Gasteiger charge is -2.19. The van der Waals surface area contributed by atoms with Gasteiger partial charge in [-0.1, -0.05) is 49.4 Å². The summed E-state index contributed by atoms with van der Waals surface area (Å²) in [6.45, 7) is 5.78. The summed E-state index contributed by atoms with van der Waals surface area (Å²) in [6, 6.07) is 4.26. The molecular formula is C20H25Cl2N5O4. The first-order valence-electron chi connectivity index (χ1n) is 9.93. The van der Waals surface area contributed by atoms with Gasteiger partial charge in [0.05, 0.1) is 22.3 Å². The maximum Gasteiger partial charge on any atom is 0.414 e. The Bertz CT molecular complexity index is 902. The minimum atomic E-state index is -0.820. The van der Waals surface area contributed by atoms with Gasteiger partial charge in [-0.2, -0.15) is 4.99 Å². The Morgan fingerprint density at radius 3 is 2.58 bits per heavy atom. The van der Waals surface area contributed by atoms with Gasteiger partial charge in [0.2, 0.25) is 11.9 Å². The molecule has 1 fully saturated rings.